The highest BCUT2D eigenvalue weighted by Crippen LogP contribution is 2.34. The van der Waals surface area contributed by atoms with Crippen LogP contribution in [-0.4, -0.2) is 19.5 Å². The number of aryl methyl sites for hydroxylation is 2. The standard InChI is InChI=1S/C19H21F3N2O/c1-13-8-9-15(14(2)10-13)11-24(3)12-18(25)23-17-7-5-4-6-16(17)19(20,21)22/h4-10H,11-12H2,1-3H3,(H,23,25)/p+1. The molecule has 1 amide bonds. The zero-order chi connectivity index (χ0) is 18.6. The number of amides is 1. The summed E-state index contributed by atoms with van der Waals surface area (Å²) >= 11 is 0. The average molecular weight is 351 g/mol. The molecule has 0 aliphatic heterocycles. The highest BCUT2D eigenvalue weighted by molar-refractivity contribution is 5.92. The number of rotatable bonds is 5. The molecule has 2 aromatic rings. The zero-order valence-electron chi connectivity index (χ0n) is 14.5. The van der Waals surface area contributed by atoms with Gasteiger partial charge in [0, 0.05) is 5.56 Å². The minimum Gasteiger partial charge on any atom is -0.326 e. The van der Waals surface area contributed by atoms with E-state index in [1.807, 2.05) is 33.0 Å². The van der Waals surface area contributed by atoms with Crippen LogP contribution in [0.25, 0.3) is 0 Å². The van der Waals surface area contributed by atoms with Crippen molar-refractivity contribution in [1.82, 2.24) is 0 Å². The molecule has 25 heavy (non-hydrogen) atoms. The van der Waals surface area contributed by atoms with Gasteiger partial charge in [-0.05, 0) is 31.5 Å². The van der Waals surface area contributed by atoms with Crippen LogP contribution in [0.15, 0.2) is 42.5 Å². The summed E-state index contributed by atoms with van der Waals surface area (Å²) < 4.78 is 38.9. The lowest BCUT2D eigenvalue weighted by atomic mass is 10.1. The van der Waals surface area contributed by atoms with Crippen molar-refractivity contribution in [3.63, 3.8) is 0 Å². The third kappa shape index (κ3) is 5.32. The summed E-state index contributed by atoms with van der Waals surface area (Å²) in [7, 11) is 1.84. The van der Waals surface area contributed by atoms with E-state index < -0.39 is 17.6 Å². The fraction of sp³-hybridized carbons (Fsp3) is 0.316. The minimum absolute atomic E-state index is 0.0828. The van der Waals surface area contributed by atoms with E-state index in [0.717, 1.165) is 22.1 Å². The lowest BCUT2D eigenvalue weighted by Crippen LogP contribution is -3.08. The van der Waals surface area contributed by atoms with E-state index in [0.29, 0.717) is 6.54 Å². The van der Waals surface area contributed by atoms with Crippen LogP contribution in [0.2, 0.25) is 0 Å². The van der Waals surface area contributed by atoms with Gasteiger partial charge in [-0.2, -0.15) is 13.2 Å². The van der Waals surface area contributed by atoms with Crippen LogP contribution in [0, 0.1) is 13.8 Å². The molecule has 2 N–H and O–H groups in total. The summed E-state index contributed by atoms with van der Waals surface area (Å²) in [5.41, 5.74) is 2.38. The van der Waals surface area contributed by atoms with Gasteiger partial charge in [-0.3, -0.25) is 4.79 Å². The molecule has 1 atom stereocenters. The monoisotopic (exact) mass is 351 g/mol. The molecule has 0 fully saturated rings. The van der Waals surface area contributed by atoms with Crippen molar-refractivity contribution in [2.75, 3.05) is 18.9 Å². The number of quaternary nitrogens is 1. The summed E-state index contributed by atoms with van der Waals surface area (Å²) in [6.45, 7) is 4.73. The minimum atomic E-state index is -4.50. The van der Waals surface area contributed by atoms with Crippen molar-refractivity contribution in [3.8, 4) is 0 Å². The van der Waals surface area contributed by atoms with E-state index in [9.17, 15) is 18.0 Å². The quantitative estimate of drug-likeness (QED) is 0.853. The highest BCUT2D eigenvalue weighted by atomic mass is 19.4. The first-order chi connectivity index (χ1) is 11.7. The number of alkyl halides is 3. The van der Waals surface area contributed by atoms with Crippen molar-refractivity contribution in [2.24, 2.45) is 0 Å². The van der Waals surface area contributed by atoms with Gasteiger partial charge in [-0.25, -0.2) is 0 Å². The number of likely N-dealkylation sites (N-methyl/N-ethyl adjacent to an activating group) is 1. The maximum absolute atomic E-state index is 13.0. The van der Waals surface area contributed by atoms with Crippen LogP contribution in [0.4, 0.5) is 18.9 Å². The molecule has 0 spiro atoms. The number of halogens is 3. The molecule has 2 rings (SSSR count). The smallest absolute Gasteiger partial charge is 0.326 e. The zero-order valence-corrected chi connectivity index (χ0v) is 14.5. The van der Waals surface area contributed by atoms with Crippen molar-refractivity contribution >= 4 is 11.6 Å². The third-order valence-corrected chi connectivity index (χ3v) is 3.96. The van der Waals surface area contributed by atoms with Crippen LogP contribution >= 0.6 is 0 Å². The maximum Gasteiger partial charge on any atom is 0.418 e. The van der Waals surface area contributed by atoms with Gasteiger partial charge in [-0.1, -0.05) is 35.9 Å². The molecule has 0 heterocycles. The molecule has 0 aromatic heterocycles. The molecule has 3 nitrogen and oxygen atoms in total. The molecule has 0 aliphatic rings. The molecule has 0 aliphatic carbocycles. The van der Waals surface area contributed by atoms with Crippen molar-refractivity contribution in [3.05, 3.63) is 64.7 Å². The molecule has 2 aromatic carbocycles. The summed E-state index contributed by atoms with van der Waals surface area (Å²) in [6, 6.07) is 11.1. The van der Waals surface area contributed by atoms with Gasteiger partial charge in [0.05, 0.1) is 18.3 Å². The first-order valence-corrected chi connectivity index (χ1v) is 8.00. The topological polar surface area (TPSA) is 33.5 Å². The van der Waals surface area contributed by atoms with Crippen molar-refractivity contribution in [1.29, 1.82) is 0 Å². The summed E-state index contributed by atoms with van der Waals surface area (Å²) in [5, 5.41) is 2.38. The number of para-hydroxylation sites is 1. The Balaban J connectivity index is 2.01. The van der Waals surface area contributed by atoms with E-state index in [1.54, 1.807) is 0 Å². The Kier molecular flexibility index (Phi) is 5.85. The van der Waals surface area contributed by atoms with Crippen molar-refractivity contribution in [2.45, 2.75) is 26.6 Å². The first kappa shape index (κ1) is 19.0. The van der Waals surface area contributed by atoms with Gasteiger partial charge in [0.2, 0.25) is 0 Å². The SMILES string of the molecule is Cc1ccc(C[NH+](C)CC(=O)Nc2ccccc2C(F)(F)F)c(C)c1. The predicted octanol–water partition coefficient (Wildman–Crippen LogP) is 2.98. The number of anilines is 1. The van der Waals surface area contributed by atoms with Gasteiger partial charge in [0.15, 0.2) is 6.54 Å². The molecular weight excluding hydrogens is 329 g/mol. The second kappa shape index (κ2) is 7.70. The molecule has 0 bridgehead atoms. The Morgan fingerprint density at radius 1 is 1.12 bits per heavy atom. The molecule has 0 saturated heterocycles. The van der Waals surface area contributed by atoms with Gasteiger partial charge in [-0.15, -0.1) is 0 Å². The number of carbonyl (C=O) groups is 1. The van der Waals surface area contributed by atoms with E-state index in [1.165, 1.54) is 23.8 Å². The van der Waals surface area contributed by atoms with Crippen LogP contribution in [0.1, 0.15) is 22.3 Å². The third-order valence-electron chi connectivity index (χ3n) is 3.96. The summed E-state index contributed by atoms with van der Waals surface area (Å²) in [5.74, 6) is -0.445. The predicted molar refractivity (Wildman–Crippen MR) is 91.4 cm³/mol. The number of carbonyl (C=O) groups excluding carboxylic acids is 1. The number of hydrogen-bond acceptors (Lipinski definition) is 1. The molecule has 6 heteroatoms. The molecule has 1 unspecified atom stereocenters. The van der Waals surface area contributed by atoms with Crippen LogP contribution < -0.4 is 10.2 Å². The Bertz CT molecular complexity index is 757. The van der Waals surface area contributed by atoms with Crippen LogP contribution in [-0.2, 0) is 17.5 Å². The summed E-state index contributed by atoms with van der Waals surface area (Å²) in [6.07, 6.45) is -4.50. The average Bonchev–Trinajstić information content (AvgIpc) is 2.49. The number of hydrogen-bond donors (Lipinski definition) is 2. The largest absolute Gasteiger partial charge is 0.418 e. The Morgan fingerprint density at radius 2 is 1.80 bits per heavy atom. The van der Waals surface area contributed by atoms with E-state index in [2.05, 4.69) is 11.4 Å². The first-order valence-electron chi connectivity index (χ1n) is 8.00. The van der Waals surface area contributed by atoms with Gasteiger partial charge in [0.1, 0.15) is 6.54 Å². The fourth-order valence-electron chi connectivity index (χ4n) is 2.74. The van der Waals surface area contributed by atoms with Crippen molar-refractivity contribution < 1.29 is 22.9 Å². The molecule has 0 radical (unpaired) electrons. The van der Waals surface area contributed by atoms with E-state index in [4.69, 9.17) is 0 Å². The molecule has 134 valence electrons. The molecule has 0 saturated carbocycles. The lowest BCUT2D eigenvalue weighted by Gasteiger charge is -2.17. The van der Waals surface area contributed by atoms with E-state index in [-0.39, 0.29) is 12.2 Å². The number of nitrogens with one attached hydrogen (secondary N) is 2. The van der Waals surface area contributed by atoms with Gasteiger partial charge < -0.3 is 10.2 Å². The number of benzene rings is 2. The fourth-order valence-corrected chi connectivity index (χ4v) is 2.74. The Morgan fingerprint density at radius 3 is 2.44 bits per heavy atom. The maximum atomic E-state index is 13.0. The highest BCUT2D eigenvalue weighted by Gasteiger charge is 2.33. The Hall–Kier alpha value is -2.34. The van der Waals surface area contributed by atoms with Gasteiger partial charge >= 0.3 is 6.18 Å². The lowest BCUT2D eigenvalue weighted by molar-refractivity contribution is -0.885. The van der Waals surface area contributed by atoms with Gasteiger partial charge in [0.25, 0.3) is 5.91 Å². The van der Waals surface area contributed by atoms with E-state index >= 15 is 0 Å². The van der Waals surface area contributed by atoms with Crippen LogP contribution in [0.3, 0.4) is 0 Å². The Labute approximate surface area is 145 Å². The second-order valence-electron chi connectivity index (χ2n) is 6.33. The second-order valence-corrected chi connectivity index (χ2v) is 6.33. The summed E-state index contributed by atoms with van der Waals surface area (Å²) in [4.78, 5) is 13.0. The normalized spacial score (nSPS) is 12.7. The molecular formula is C19H22F3N2O+. The van der Waals surface area contributed by atoms with Crippen LogP contribution in [0.5, 0.6) is 0 Å².